The smallest absolute Gasteiger partial charge is 0.136 e. The van der Waals surface area contributed by atoms with E-state index in [4.69, 9.17) is 6.42 Å². The predicted octanol–water partition coefficient (Wildman–Crippen LogP) is 1.32. The molecule has 0 saturated carbocycles. The van der Waals surface area contributed by atoms with E-state index in [0.29, 0.717) is 0 Å². The fourth-order valence-corrected chi connectivity index (χ4v) is 0.997. The van der Waals surface area contributed by atoms with Gasteiger partial charge in [0.2, 0.25) is 0 Å². The number of nitrogens with zero attached hydrogens (tertiary/aromatic N) is 2. The van der Waals surface area contributed by atoms with E-state index in [1.165, 1.54) is 0 Å². The second-order valence-corrected chi connectivity index (χ2v) is 2.26. The van der Waals surface area contributed by atoms with Gasteiger partial charge in [0.15, 0.2) is 0 Å². The van der Waals surface area contributed by atoms with Crippen molar-refractivity contribution >= 4 is 5.65 Å². The first-order valence-electron chi connectivity index (χ1n) is 3.29. The number of fused-ring (bicyclic) bond motifs is 1. The highest BCUT2D eigenvalue weighted by molar-refractivity contribution is 5.41. The molecule has 11 heavy (non-hydrogen) atoms. The summed E-state index contributed by atoms with van der Waals surface area (Å²) in [7, 11) is 0. The van der Waals surface area contributed by atoms with Gasteiger partial charge in [0.05, 0.1) is 5.56 Å². The zero-order chi connectivity index (χ0) is 7.68. The summed E-state index contributed by atoms with van der Waals surface area (Å²) < 4.78 is 1.90. The van der Waals surface area contributed by atoms with E-state index in [9.17, 15) is 0 Å². The van der Waals surface area contributed by atoms with Crippen molar-refractivity contribution < 1.29 is 0 Å². The Labute approximate surface area is 64.5 Å². The van der Waals surface area contributed by atoms with Crippen LogP contribution in [0.15, 0.2) is 30.7 Å². The van der Waals surface area contributed by atoms with Crippen LogP contribution in [0.5, 0.6) is 0 Å². The highest BCUT2D eigenvalue weighted by atomic mass is 14.9. The molecule has 0 unspecified atom stereocenters. The molecule has 0 bridgehead atoms. The first-order chi connectivity index (χ1) is 5.40. The van der Waals surface area contributed by atoms with E-state index in [-0.39, 0.29) is 0 Å². The molecule has 0 aliphatic carbocycles. The van der Waals surface area contributed by atoms with Gasteiger partial charge < -0.3 is 4.40 Å². The van der Waals surface area contributed by atoms with Gasteiger partial charge in [-0.1, -0.05) is 5.92 Å². The maximum Gasteiger partial charge on any atom is 0.136 e. The minimum atomic E-state index is 0.800. The van der Waals surface area contributed by atoms with Crippen LogP contribution >= 0.6 is 0 Å². The van der Waals surface area contributed by atoms with Crippen molar-refractivity contribution in [2.75, 3.05) is 0 Å². The molecule has 0 saturated heterocycles. The van der Waals surface area contributed by atoms with Crippen LogP contribution in [0, 0.1) is 12.3 Å². The lowest BCUT2D eigenvalue weighted by molar-refractivity contribution is 1.12. The summed E-state index contributed by atoms with van der Waals surface area (Å²) in [6.07, 6.45) is 10.7. The van der Waals surface area contributed by atoms with E-state index in [1.807, 2.05) is 28.9 Å². The van der Waals surface area contributed by atoms with E-state index < -0.39 is 0 Å². The van der Waals surface area contributed by atoms with Crippen molar-refractivity contribution in [2.24, 2.45) is 0 Å². The van der Waals surface area contributed by atoms with Crippen molar-refractivity contribution in [3.05, 3.63) is 36.3 Å². The van der Waals surface area contributed by atoms with Gasteiger partial charge in [-0.05, 0) is 12.1 Å². The zero-order valence-corrected chi connectivity index (χ0v) is 5.86. The van der Waals surface area contributed by atoms with E-state index >= 15 is 0 Å². The van der Waals surface area contributed by atoms with Crippen LogP contribution in [0.2, 0.25) is 0 Å². The number of rotatable bonds is 0. The van der Waals surface area contributed by atoms with Gasteiger partial charge in [-0.2, -0.15) is 0 Å². The van der Waals surface area contributed by atoms with Gasteiger partial charge in [0.1, 0.15) is 5.65 Å². The SMILES string of the molecule is C#Cc1cnc2cccn2c1. The summed E-state index contributed by atoms with van der Waals surface area (Å²) in [5, 5.41) is 0. The fourth-order valence-electron chi connectivity index (χ4n) is 0.997. The Morgan fingerprint density at radius 1 is 1.55 bits per heavy atom. The molecular weight excluding hydrogens is 136 g/mol. The van der Waals surface area contributed by atoms with Gasteiger partial charge in [0, 0.05) is 18.6 Å². The number of aromatic nitrogens is 2. The van der Waals surface area contributed by atoms with Gasteiger partial charge in [-0.15, -0.1) is 6.42 Å². The maximum absolute atomic E-state index is 5.21. The summed E-state index contributed by atoms with van der Waals surface area (Å²) in [4.78, 5) is 4.13. The van der Waals surface area contributed by atoms with E-state index in [0.717, 1.165) is 11.2 Å². The Balaban J connectivity index is 2.79. The molecule has 0 N–H and O–H groups in total. The molecule has 2 rings (SSSR count). The number of terminal acetylenes is 1. The van der Waals surface area contributed by atoms with Crippen LogP contribution < -0.4 is 0 Å². The summed E-state index contributed by atoms with van der Waals surface area (Å²) in [6.45, 7) is 0. The molecule has 0 amide bonds. The van der Waals surface area contributed by atoms with Crippen molar-refractivity contribution in [2.45, 2.75) is 0 Å². The Hall–Kier alpha value is -1.75. The third-order valence-corrected chi connectivity index (χ3v) is 1.54. The summed E-state index contributed by atoms with van der Waals surface area (Å²) in [5.74, 6) is 2.53. The van der Waals surface area contributed by atoms with Crippen LogP contribution in [-0.2, 0) is 0 Å². The molecule has 2 aromatic heterocycles. The average molecular weight is 142 g/mol. The molecule has 2 heterocycles. The lowest BCUT2D eigenvalue weighted by atomic mass is 10.4. The molecule has 0 fully saturated rings. The minimum Gasteiger partial charge on any atom is -0.307 e. The van der Waals surface area contributed by atoms with Crippen molar-refractivity contribution in [3.8, 4) is 12.3 Å². The molecular formula is C9H6N2. The zero-order valence-electron chi connectivity index (χ0n) is 5.86. The van der Waals surface area contributed by atoms with Crippen molar-refractivity contribution in [1.29, 1.82) is 0 Å². The molecule has 0 aliphatic rings. The lowest BCUT2D eigenvalue weighted by Gasteiger charge is -1.93. The highest BCUT2D eigenvalue weighted by Crippen LogP contribution is 2.01. The van der Waals surface area contributed by atoms with Gasteiger partial charge in [0.25, 0.3) is 0 Å². The van der Waals surface area contributed by atoms with Gasteiger partial charge >= 0.3 is 0 Å². The third kappa shape index (κ3) is 0.870. The summed E-state index contributed by atoms with van der Waals surface area (Å²) in [5.41, 5.74) is 1.72. The monoisotopic (exact) mass is 142 g/mol. The van der Waals surface area contributed by atoms with Gasteiger partial charge in [-0.3, -0.25) is 0 Å². The van der Waals surface area contributed by atoms with Crippen LogP contribution in [-0.4, -0.2) is 9.38 Å². The topological polar surface area (TPSA) is 17.3 Å². The lowest BCUT2D eigenvalue weighted by Crippen LogP contribution is -1.86. The molecule has 2 aromatic rings. The quantitative estimate of drug-likeness (QED) is 0.507. The molecule has 0 radical (unpaired) electrons. The minimum absolute atomic E-state index is 0.800. The molecule has 0 aliphatic heterocycles. The molecule has 0 aromatic carbocycles. The summed E-state index contributed by atoms with van der Waals surface area (Å²) >= 11 is 0. The van der Waals surface area contributed by atoms with Crippen molar-refractivity contribution in [3.63, 3.8) is 0 Å². The molecule has 2 heteroatoms. The fraction of sp³-hybridized carbons (Fsp3) is 0. The first-order valence-corrected chi connectivity index (χ1v) is 3.29. The largest absolute Gasteiger partial charge is 0.307 e. The highest BCUT2D eigenvalue weighted by Gasteiger charge is 1.91. The molecule has 52 valence electrons. The van der Waals surface area contributed by atoms with Crippen LogP contribution in [0.3, 0.4) is 0 Å². The summed E-state index contributed by atoms with van der Waals surface area (Å²) in [6, 6.07) is 3.86. The molecule has 0 atom stereocenters. The van der Waals surface area contributed by atoms with Gasteiger partial charge in [-0.25, -0.2) is 4.98 Å². The maximum atomic E-state index is 5.21. The Morgan fingerprint density at radius 3 is 3.27 bits per heavy atom. The standard InChI is InChI=1S/C9H6N2/c1-2-8-6-10-9-4-3-5-11(9)7-8/h1,3-7H. The van der Waals surface area contributed by atoms with E-state index in [2.05, 4.69) is 10.9 Å². The van der Waals surface area contributed by atoms with Crippen LogP contribution in [0.4, 0.5) is 0 Å². The Kier molecular flexibility index (Phi) is 1.16. The van der Waals surface area contributed by atoms with Crippen LogP contribution in [0.25, 0.3) is 5.65 Å². The third-order valence-electron chi connectivity index (χ3n) is 1.54. The number of hydrogen-bond acceptors (Lipinski definition) is 1. The van der Waals surface area contributed by atoms with Crippen LogP contribution in [0.1, 0.15) is 5.56 Å². The predicted molar refractivity (Wildman–Crippen MR) is 43.1 cm³/mol. The average Bonchev–Trinajstić information content (AvgIpc) is 2.50. The van der Waals surface area contributed by atoms with Crippen molar-refractivity contribution in [1.82, 2.24) is 9.38 Å². The normalized spacial score (nSPS) is 9.73. The molecule has 0 spiro atoms. The Morgan fingerprint density at radius 2 is 2.45 bits per heavy atom. The number of hydrogen-bond donors (Lipinski definition) is 0. The van der Waals surface area contributed by atoms with E-state index in [1.54, 1.807) is 6.20 Å². The second-order valence-electron chi connectivity index (χ2n) is 2.26. The Bertz CT molecular complexity index is 420. The molecule has 2 nitrogen and oxygen atoms in total. The first kappa shape index (κ1) is 5.99. The second kappa shape index (κ2) is 2.14.